The van der Waals surface area contributed by atoms with Gasteiger partial charge in [-0.05, 0) is 36.4 Å². The molecule has 0 saturated carbocycles. The van der Waals surface area contributed by atoms with Gasteiger partial charge in [-0.2, -0.15) is 13.7 Å². The second kappa shape index (κ2) is 5.31. The molecule has 0 N–H and O–H groups in total. The lowest BCUT2D eigenvalue weighted by atomic mass is 10.2. The Morgan fingerprint density at radius 1 is 1.05 bits per heavy atom. The Morgan fingerprint density at radius 3 is 2.32 bits per heavy atom. The van der Waals surface area contributed by atoms with E-state index in [1.807, 2.05) is 6.07 Å². The topological polar surface area (TPSA) is 67.2 Å². The molecule has 0 amide bonds. The highest BCUT2D eigenvalue weighted by atomic mass is 35.5. The molecular weight excluding hydrogens is 286 g/mol. The molecule has 0 fully saturated rings. The molecule has 0 saturated heterocycles. The molecular formula is C13H8ClNO3S. The number of hydrogen-bond acceptors (Lipinski definition) is 4. The lowest BCUT2D eigenvalue weighted by Crippen LogP contribution is -2.10. The third kappa shape index (κ3) is 3.05. The van der Waals surface area contributed by atoms with Crippen molar-refractivity contribution < 1.29 is 12.6 Å². The first-order valence-electron chi connectivity index (χ1n) is 5.22. The Morgan fingerprint density at radius 2 is 1.68 bits per heavy atom. The molecule has 0 radical (unpaired) electrons. The van der Waals surface area contributed by atoms with Crippen LogP contribution in [0.3, 0.4) is 0 Å². The molecule has 0 aliphatic rings. The van der Waals surface area contributed by atoms with E-state index in [2.05, 4.69) is 0 Å². The fourth-order valence-electron chi connectivity index (χ4n) is 1.40. The number of benzene rings is 2. The minimum Gasteiger partial charge on any atom is -0.378 e. The molecule has 0 atom stereocenters. The van der Waals surface area contributed by atoms with Gasteiger partial charge < -0.3 is 4.18 Å². The molecule has 0 aromatic heterocycles. The highest BCUT2D eigenvalue weighted by Gasteiger charge is 2.18. The summed E-state index contributed by atoms with van der Waals surface area (Å²) >= 11 is 5.69. The largest absolute Gasteiger partial charge is 0.378 e. The Labute approximate surface area is 115 Å². The van der Waals surface area contributed by atoms with E-state index in [9.17, 15) is 8.42 Å². The molecule has 2 rings (SSSR count). The molecule has 0 aliphatic heterocycles. The number of nitrogens with zero attached hydrogens (tertiary/aromatic N) is 1. The molecule has 4 nitrogen and oxygen atoms in total. The van der Waals surface area contributed by atoms with Gasteiger partial charge in [-0.25, -0.2) is 0 Å². The summed E-state index contributed by atoms with van der Waals surface area (Å²) in [6, 6.07) is 13.6. The van der Waals surface area contributed by atoms with Crippen LogP contribution in [0.25, 0.3) is 0 Å². The SMILES string of the molecule is N#Cc1ccccc1OS(=O)(=O)c1ccc(Cl)cc1. The lowest BCUT2D eigenvalue weighted by molar-refractivity contribution is 0.485. The molecule has 96 valence electrons. The maximum absolute atomic E-state index is 12.0. The molecule has 0 heterocycles. The van der Waals surface area contributed by atoms with E-state index in [-0.39, 0.29) is 16.2 Å². The average molecular weight is 294 g/mol. The molecule has 2 aromatic rings. The van der Waals surface area contributed by atoms with Crippen molar-refractivity contribution in [2.24, 2.45) is 0 Å². The van der Waals surface area contributed by atoms with Crippen molar-refractivity contribution in [3.63, 3.8) is 0 Å². The Balaban J connectivity index is 2.37. The monoisotopic (exact) mass is 293 g/mol. The maximum atomic E-state index is 12.0. The lowest BCUT2D eigenvalue weighted by Gasteiger charge is -2.08. The summed E-state index contributed by atoms with van der Waals surface area (Å²) in [5, 5.41) is 9.31. The van der Waals surface area contributed by atoms with Crippen LogP contribution in [0.1, 0.15) is 5.56 Å². The van der Waals surface area contributed by atoms with Crippen LogP contribution in [-0.4, -0.2) is 8.42 Å². The first-order chi connectivity index (χ1) is 9.03. The average Bonchev–Trinajstić information content (AvgIpc) is 2.39. The van der Waals surface area contributed by atoms with E-state index in [0.29, 0.717) is 5.02 Å². The number of para-hydroxylation sites is 1. The van der Waals surface area contributed by atoms with Gasteiger partial charge in [0.2, 0.25) is 0 Å². The normalized spacial score (nSPS) is 10.7. The highest BCUT2D eigenvalue weighted by molar-refractivity contribution is 7.87. The van der Waals surface area contributed by atoms with Crippen LogP contribution < -0.4 is 4.18 Å². The van der Waals surface area contributed by atoms with E-state index in [0.717, 1.165) is 0 Å². The number of halogens is 1. The number of hydrogen-bond donors (Lipinski definition) is 0. The summed E-state index contributed by atoms with van der Waals surface area (Å²) in [7, 11) is -3.97. The maximum Gasteiger partial charge on any atom is 0.339 e. The van der Waals surface area contributed by atoms with Crippen LogP contribution in [-0.2, 0) is 10.1 Å². The van der Waals surface area contributed by atoms with Crippen LogP contribution >= 0.6 is 11.6 Å². The Bertz CT molecular complexity index is 733. The zero-order valence-electron chi connectivity index (χ0n) is 9.58. The summed E-state index contributed by atoms with van der Waals surface area (Å²) in [5.74, 6) is -0.0000463. The number of rotatable bonds is 3. The van der Waals surface area contributed by atoms with E-state index in [1.54, 1.807) is 12.1 Å². The standard InChI is InChI=1S/C13H8ClNO3S/c14-11-5-7-12(8-6-11)19(16,17)18-13-4-2-1-3-10(13)9-15/h1-8H. The predicted molar refractivity (Wildman–Crippen MR) is 70.4 cm³/mol. The van der Waals surface area contributed by atoms with E-state index in [1.165, 1.54) is 36.4 Å². The van der Waals surface area contributed by atoms with Gasteiger partial charge in [-0.15, -0.1) is 0 Å². The van der Waals surface area contributed by atoms with Crippen molar-refractivity contribution in [2.75, 3.05) is 0 Å². The van der Waals surface area contributed by atoms with Crippen molar-refractivity contribution in [1.82, 2.24) is 0 Å². The summed E-state index contributed by atoms with van der Waals surface area (Å²) in [4.78, 5) is -0.0235. The van der Waals surface area contributed by atoms with Crippen LogP contribution in [0.2, 0.25) is 5.02 Å². The minimum atomic E-state index is -3.97. The second-order valence-corrected chi connectivity index (χ2v) is 5.58. The summed E-state index contributed by atoms with van der Waals surface area (Å²) < 4.78 is 29.0. The first kappa shape index (κ1) is 13.4. The zero-order chi connectivity index (χ0) is 13.9. The van der Waals surface area contributed by atoms with Crippen molar-refractivity contribution in [1.29, 1.82) is 5.26 Å². The zero-order valence-corrected chi connectivity index (χ0v) is 11.1. The molecule has 0 aliphatic carbocycles. The van der Waals surface area contributed by atoms with Crippen LogP contribution in [0.5, 0.6) is 5.75 Å². The Kier molecular flexibility index (Phi) is 3.74. The Hall–Kier alpha value is -2.03. The van der Waals surface area contributed by atoms with Gasteiger partial charge in [-0.3, -0.25) is 0 Å². The molecule has 0 bridgehead atoms. The first-order valence-corrected chi connectivity index (χ1v) is 7.01. The van der Waals surface area contributed by atoms with Crippen molar-refractivity contribution in [3.05, 3.63) is 59.1 Å². The molecule has 2 aromatic carbocycles. The summed E-state index contributed by atoms with van der Waals surface area (Å²) in [5.41, 5.74) is 0.153. The van der Waals surface area contributed by atoms with Gasteiger partial charge in [0, 0.05) is 5.02 Å². The predicted octanol–water partition coefficient (Wildman–Crippen LogP) is 2.98. The highest BCUT2D eigenvalue weighted by Crippen LogP contribution is 2.23. The number of nitriles is 1. The van der Waals surface area contributed by atoms with Gasteiger partial charge in [0.1, 0.15) is 11.0 Å². The van der Waals surface area contributed by atoms with E-state index in [4.69, 9.17) is 21.0 Å². The van der Waals surface area contributed by atoms with Gasteiger partial charge in [0.05, 0.1) is 5.56 Å². The summed E-state index contributed by atoms with van der Waals surface area (Å²) in [6.07, 6.45) is 0. The third-order valence-corrected chi connectivity index (χ3v) is 3.81. The molecule has 0 spiro atoms. The van der Waals surface area contributed by atoms with Gasteiger partial charge in [0.25, 0.3) is 0 Å². The second-order valence-electron chi connectivity index (χ2n) is 3.60. The van der Waals surface area contributed by atoms with Crippen LogP contribution in [0.4, 0.5) is 0 Å². The summed E-state index contributed by atoms with van der Waals surface area (Å²) in [6.45, 7) is 0. The van der Waals surface area contributed by atoms with Crippen LogP contribution in [0.15, 0.2) is 53.4 Å². The van der Waals surface area contributed by atoms with Crippen molar-refractivity contribution in [3.8, 4) is 11.8 Å². The molecule has 6 heteroatoms. The molecule has 0 unspecified atom stereocenters. The fourth-order valence-corrected chi connectivity index (χ4v) is 2.47. The van der Waals surface area contributed by atoms with Crippen molar-refractivity contribution in [2.45, 2.75) is 4.90 Å². The van der Waals surface area contributed by atoms with Gasteiger partial charge >= 0.3 is 10.1 Å². The quantitative estimate of drug-likeness (QED) is 0.816. The fraction of sp³-hybridized carbons (Fsp3) is 0. The smallest absolute Gasteiger partial charge is 0.339 e. The molecule has 19 heavy (non-hydrogen) atoms. The van der Waals surface area contributed by atoms with Crippen molar-refractivity contribution >= 4 is 21.7 Å². The van der Waals surface area contributed by atoms with Gasteiger partial charge in [-0.1, -0.05) is 23.7 Å². The van der Waals surface area contributed by atoms with E-state index >= 15 is 0 Å². The van der Waals surface area contributed by atoms with Gasteiger partial charge in [0.15, 0.2) is 5.75 Å². The van der Waals surface area contributed by atoms with Crippen LogP contribution in [0, 0.1) is 11.3 Å². The van der Waals surface area contributed by atoms with E-state index < -0.39 is 10.1 Å². The third-order valence-electron chi connectivity index (χ3n) is 2.31. The minimum absolute atomic E-state index is 0.0000463.